The van der Waals surface area contributed by atoms with Crippen LogP contribution in [0.3, 0.4) is 0 Å². The molecule has 0 radical (unpaired) electrons. The summed E-state index contributed by atoms with van der Waals surface area (Å²) in [6.07, 6.45) is 2.57. The lowest BCUT2D eigenvalue weighted by molar-refractivity contribution is -0.123. The molecule has 9 nitrogen and oxygen atoms in total. The Morgan fingerprint density at radius 3 is 2.44 bits per heavy atom. The highest BCUT2D eigenvalue weighted by atomic mass is 16.4. The number of carbonyl (C=O) groups excluding carboxylic acids is 2. The van der Waals surface area contributed by atoms with Crippen LogP contribution in [0.1, 0.15) is 38.2 Å². The molecule has 43 heavy (non-hydrogen) atoms. The van der Waals surface area contributed by atoms with E-state index in [0.717, 1.165) is 26.8 Å². The summed E-state index contributed by atoms with van der Waals surface area (Å²) < 4.78 is 0. The maximum absolute atomic E-state index is 13.7. The third-order valence-corrected chi connectivity index (χ3v) is 8.84. The first-order chi connectivity index (χ1) is 20.7. The predicted molar refractivity (Wildman–Crippen MR) is 164 cm³/mol. The number of phenols is 1. The molecule has 0 bridgehead atoms. The van der Waals surface area contributed by atoms with Crippen molar-refractivity contribution >= 4 is 46.9 Å². The van der Waals surface area contributed by atoms with Gasteiger partial charge >= 0.3 is 7.12 Å². The maximum atomic E-state index is 13.7. The lowest BCUT2D eigenvalue weighted by atomic mass is 9.68. The number of fused-ring (bicyclic) bond motifs is 2. The Kier molecular flexibility index (Phi) is 9.15. The molecular formula is C33H36BNO8. The van der Waals surface area contributed by atoms with E-state index in [9.17, 15) is 40.1 Å². The fourth-order valence-electron chi connectivity index (χ4n) is 6.67. The van der Waals surface area contributed by atoms with E-state index in [-0.39, 0.29) is 29.7 Å². The molecule has 3 aromatic carbocycles. The van der Waals surface area contributed by atoms with Gasteiger partial charge in [-0.1, -0.05) is 61.0 Å². The van der Waals surface area contributed by atoms with Gasteiger partial charge in [-0.2, -0.15) is 0 Å². The molecule has 5 rings (SSSR count). The molecule has 3 aromatic rings. The van der Waals surface area contributed by atoms with E-state index in [2.05, 4.69) is 0 Å². The van der Waals surface area contributed by atoms with Crippen molar-refractivity contribution in [2.24, 2.45) is 17.8 Å². The van der Waals surface area contributed by atoms with Crippen LogP contribution in [0.25, 0.3) is 16.8 Å². The average Bonchev–Trinajstić information content (AvgIpc) is 3.27. The molecule has 6 N–H and O–H groups in total. The second-order valence-corrected chi connectivity index (χ2v) is 11.3. The van der Waals surface area contributed by atoms with Crippen LogP contribution in [0.4, 0.5) is 5.69 Å². The van der Waals surface area contributed by atoms with E-state index >= 15 is 0 Å². The second kappa shape index (κ2) is 12.8. The van der Waals surface area contributed by atoms with Crippen LogP contribution in [-0.2, 0) is 9.59 Å². The number of benzene rings is 3. The quantitative estimate of drug-likeness (QED) is 0.120. The minimum Gasteiger partial charge on any atom is -0.507 e. The number of amides is 2. The van der Waals surface area contributed by atoms with Gasteiger partial charge in [-0.05, 0) is 71.4 Å². The van der Waals surface area contributed by atoms with Gasteiger partial charge in [-0.15, -0.1) is 0 Å². The maximum Gasteiger partial charge on any atom is 0.488 e. The molecular weight excluding hydrogens is 549 g/mol. The van der Waals surface area contributed by atoms with E-state index in [0.29, 0.717) is 24.0 Å². The second-order valence-electron chi connectivity index (χ2n) is 11.3. The Balaban J connectivity index is 1.40. The third-order valence-electron chi connectivity index (χ3n) is 8.84. The number of rotatable bonds is 10. The van der Waals surface area contributed by atoms with Crippen LogP contribution in [-0.4, -0.2) is 68.7 Å². The molecule has 2 aliphatic rings. The highest BCUT2D eigenvalue weighted by molar-refractivity contribution is 6.58. The first-order valence-electron chi connectivity index (χ1n) is 14.6. The molecule has 1 heterocycles. The number of aliphatic hydroxyl groups excluding tert-OH is 3. The smallest absolute Gasteiger partial charge is 0.488 e. The number of imide groups is 1. The zero-order chi connectivity index (χ0) is 30.8. The molecule has 1 saturated heterocycles. The molecule has 0 spiro atoms. The van der Waals surface area contributed by atoms with Crippen LogP contribution >= 0.6 is 0 Å². The van der Waals surface area contributed by atoms with E-state index in [1.165, 1.54) is 24.3 Å². The summed E-state index contributed by atoms with van der Waals surface area (Å²) in [6, 6.07) is 16.9. The van der Waals surface area contributed by atoms with Gasteiger partial charge in [0.15, 0.2) is 0 Å². The number of allylic oxidation sites excluding steroid dienone is 1. The highest BCUT2D eigenvalue weighted by Gasteiger charge is 2.55. The van der Waals surface area contributed by atoms with Crippen LogP contribution < -0.4 is 10.4 Å². The van der Waals surface area contributed by atoms with Gasteiger partial charge in [-0.25, -0.2) is 0 Å². The fourth-order valence-corrected chi connectivity index (χ4v) is 6.67. The number of anilines is 1. The van der Waals surface area contributed by atoms with Crippen molar-refractivity contribution in [3.05, 3.63) is 82.9 Å². The van der Waals surface area contributed by atoms with Crippen molar-refractivity contribution in [2.45, 2.75) is 38.7 Å². The Hall–Kier alpha value is -3.80. The summed E-state index contributed by atoms with van der Waals surface area (Å²) in [5, 5.41) is 63.3. The molecule has 1 aliphatic carbocycles. The minimum absolute atomic E-state index is 0.0728. The number of phenolic OH excluding ortho intramolecular Hbond substituents is 1. The molecule has 0 aromatic heterocycles. The number of hydrogen-bond donors (Lipinski definition) is 6. The molecule has 0 unspecified atom stereocenters. The molecule has 224 valence electrons. The highest BCUT2D eigenvalue weighted by Crippen LogP contribution is 2.47. The van der Waals surface area contributed by atoms with Crippen LogP contribution in [0.15, 0.2) is 77.4 Å². The first-order valence-corrected chi connectivity index (χ1v) is 14.6. The summed E-state index contributed by atoms with van der Waals surface area (Å²) in [7, 11) is -1.78. The van der Waals surface area contributed by atoms with Crippen molar-refractivity contribution < 1.29 is 40.1 Å². The van der Waals surface area contributed by atoms with Gasteiger partial charge in [0.1, 0.15) is 5.75 Å². The van der Waals surface area contributed by atoms with E-state index < -0.39 is 56.0 Å². The zero-order valence-corrected chi connectivity index (χ0v) is 23.9. The summed E-state index contributed by atoms with van der Waals surface area (Å²) in [6.45, 7) is 1.11. The van der Waals surface area contributed by atoms with Crippen molar-refractivity contribution in [1.29, 1.82) is 0 Å². The summed E-state index contributed by atoms with van der Waals surface area (Å²) in [5.41, 5.74) is 3.16. The summed E-state index contributed by atoms with van der Waals surface area (Å²) >= 11 is 0. The largest absolute Gasteiger partial charge is 0.507 e. The molecule has 10 heteroatoms. The zero-order valence-electron chi connectivity index (χ0n) is 23.9. The number of carbonyl (C=O) groups is 2. The van der Waals surface area contributed by atoms with E-state index in [1.807, 2.05) is 43.3 Å². The molecule has 4 atom stereocenters. The van der Waals surface area contributed by atoms with Crippen LogP contribution in [0.5, 0.6) is 5.75 Å². The number of aliphatic hydroxyl groups is 3. The van der Waals surface area contributed by atoms with Crippen molar-refractivity contribution in [1.82, 2.24) is 0 Å². The predicted octanol–water partition coefficient (Wildman–Crippen LogP) is 2.27. The molecule has 0 saturated carbocycles. The van der Waals surface area contributed by atoms with Gasteiger partial charge in [0.25, 0.3) is 0 Å². The minimum atomic E-state index is -1.78. The van der Waals surface area contributed by atoms with Gasteiger partial charge in [0.2, 0.25) is 11.8 Å². The van der Waals surface area contributed by atoms with Crippen LogP contribution in [0, 0.1) is 17.8 Å². The van der Waals surface area contributed by atoms with E-state index in [4.69, 9.17) is 0 Å². The third kappa shape index (κ3) is 5.76. The SMILES string of the molecule is CC/C(=C\c1ccc(O)c2ccccc12)CC[C@@H](O)C1=C(CO)C[C@H]2C(=O)N(c3cccc(B(O)O)c3)C(=O)[C@H]2[C@H]1CO. The normalized spacial score (nSPS) is 21.5. The van der Waals surface area contributed by atoms with E-state index in [1.54, 1.807) is 6.07 Å². The molecule has 2 amide bonds. The topological polar surface area (TPSA) is 159 Å². The van der Waals surface area contributed by atoms with Crippen molar-refractivity contribution in [3.63, 3.8) is 0 Å². The first kappa shape index (κ1) is 30.7. The summed E-state index contributed by atoms with van der Waals surface area (Å²) in [4.78, 5) is 28.2. The Labute approximate surface area is 250 Å². The van der Waals surface area contributed by atoms with Gasteiger partial charge in [0.05, 0.1) is 36.8 Å². The number of aromatic hydroxyl groups is 1. The lowest BCUT2D eigenvalue weighted by Gasteiger charge is -2.36. The number of nitrogens with zero attached hydrogens (tertiary/aromatic N) is 1. The van der Waals surface area contributed by atoms with Gasteiger partial charge < -0.3 is 30.5 Å². The molecule has 1 fully saturated rings. The average molecular weight is 585 g/mol. The lowest BCUT2D eigenvalue weighted by Crippen LogP contribution is -2.39. The Morgan fingerprint density at radius 2 is 1.77 bits per heavy atom. The van der Waals surface area contributed by atoms with Gasteiger partial charge in [-0.3, -0.25) is 14.5 Å². The van der Waals surface area contributed by atoms with Crippen molar-refractivity contribution in [2.75, 3.05) is 18.1 Å². The Morgan fingerprint density at radius 1 is 1.02 bits per heavy atom. The summed E-state index contributed by atoms with van der Waals surface area (Å²) in [5.74, 6) is -3.43. The standard InChI is InChI=1S/C33H36BNO8/c1-2-19(14-20-11-13-28(38)25-9-4-3-8-24(20)25)10-12-29(39)30-21(17-36)15-26-31(27(30)18-37)33(41)35(32(26)40)23-7-5-6-22(16-23)34(42)43/h3-9,11,13-14,16,26-27,29,31,36-39,42-43H,2,10,12,15,17-18H2,1H3/b19-14+/t26-,27+,29-,31-/m1/s1. The molecule has 1 aliphatic heterocycles. The Bertz CT molecular complexity index is 1600. The van der Waals surface area contributed by atoms with Crippen molar-refractivity contribution in [3.8, 4) is 5.75 Å². The van der Waals surface area contributed by atoms with Crippen LogP contribution in [0.2, 0.25) is 0 Å². The fraction of sp³-hybridized carbons (Fsp3) is 0.333. The monoisotopic (exact) mass is 585 g/mol. The number of hydrogen-bond acceptors (Lipinski definition) is 8. The van der Waals surface area contributed by atoms with Gasteiger partial charge in [0, 0.05) is 11.3 Å².